The summed E-state index contributed by atoms with van der Waals surface area (Å²) in [7, 11) is 1.32. The standard InChI is InChI=1S/C12H22O4/c1-5-6-7-16-11(3)9-15-8-10(2)12(13)14-4/h11H,2,5-9H2,1,3-4H3. The number of ether oxygens (including phenoxy) is 3. The van der Waals surface area contributed by atoms with Gasteiger partial charge in [0, 0.05) is 6.61 Å². The van der Waals surface area contributed by atoms with Crippen molar-refractivity contribution in [1.29, 1.82) is 0 Å². The van der Waals surface area contributed by atoms with E-state index in [1.54, 1.807) is 0 Å². The van der Waals surface area contributed by atoms with Gasteiger partial charge in [0.2, 0.25) is 0 Å². The molecule has 0 aromatic rings. The van der Waals surface area contributed by atoms with Gasteiger partial charge in [-0.15, -0.1) is 0 Å². The van der Waals surface area contributed by atoms with Gasteiger partial charge in [0.05, 0.1) is 32.0 Å². The van der Waals surface area contributed by atoms with Crippen molar-refractivity contribution in [2.24, 2.45) is 0 Å². The summed E-state index contributed by atoms with van der Waals surface area (Å²) in [5.74, 6) is -0.431. The van der Waals surface area contributed by atoms with E-state index in [1.165, 1.54) is 7.11 Å². The van der Waals surface area contributed by atoms with Crippen LogP contribution in [0.15, 0.2) is 12.2 Å². The van der Waals surface area contributed by atoms with Gasteiger partial charge in [-0.2, -0.15) is 0 Å². The molecule has 94 valence electrons. The molecule has 0 heterocycles. The molecule has 0 aliphatic rings. The minimum absolute atomic E-state index is 0.0389. The molecule has 0 spiro atoms. The summed E-state index contributed by atoms with van der Waals surface area (Å²) in [6.07, 6.45) is 2.21. The largest absolute Gasteiger partial charge is 0.466 e. The maximum Gasteiger partial charge on any atom is 0.335 e. The van der Waals surface area contributed by atoms with Crippen LogP contribution in [0.1, 0.15) is 26.7 Å². The van der Waals surface area contributed by atoms with Crippen LogP contribution in [-0.4, -0.2) is 39.0 Å². The van der Waals surface area contributed by atoms with E-state index in [0.29, 0.717) is 12.2 Å². The molecule has 16 heavy (non-hydrogen) atoms. The Morgan fingerprint density at radius 2 is 2.12 bits per heavy atom. The van der Waals surface area contributed by atoms with Gasteiger partial charge in [-0.05, 0) is 13.3 Å². The first-order valence-corrected chi connectivity index (χ1v) is 5.57. The number of carbonyl (C=O) groups is 1. The predicted molar refractivity (Wildman–Crippen MR) is 62.3 cm³/mol. The molecule has 4 heteroatoms. The zero-order valence-electron chi connectivity index (χ0n) is 10.5. The summed E-state index contributed by atoms with van der Waals surface area (Å²) in [5.41, 5.74) is 0.322. The quantitative estimate of drug-likeness (QED) is 0.345. The third kappa shape index (κ3) is 7.43. The van der Waals surface area contributed by atoms with E-state index in [0.717, 1.165) is 19.4 Å². The van der Waals surface area contributed by atoms with E-state index >= 15 is 0 Å². The van der Waals surface area contributed by atoms with Crippen LogP contribution in [0, 0.1) is 0 Å². The number of rotatable bonds is 9. The number of esters is 1. The van der Waals surface area contributed by atoms with Crippen LogP contribution in [0.4, 0.5) is 0 Å². The highest BCUT2D eigenvalue weighted by Crippen LogP contribution is 1.99. The lowest BCUT2D eigenvalue weighted by Gasteiger charge is -2.13. The van der Waals surface area contributed by atoms with Gasteiger partial charge in [0.25, 0.3) is 0 Å². The zero-order chi connectivity index (χ0) is 12.4. The highest BCUT2D eigenvalue weighted by Gasteiger charge is 2.08. The molecule has 0 aliphatic heterocycles. The lowest BCUT2D eigenvalue weighted by atomic mass is 10.3. The second-order valence-electron chi connectivity index (χ2n) is 3.65. The Balaban J connectivity index is 3.50. The molecule has 0 amide bonds. The van der Waals surface area contributed by atoms with Crippen LogP contribution in [-0.2, 0) is 19.0 Å². The molecule has 0 saturated heterocycles. The van der Waals surface area contributed by atoms with Crippen molar-refractivity contribution in [3.05, 3.63) is 12.2 Å². The van der Waals surface area contributed by atoms with Gasteiger partial charge in [-0.25, -0.2) is 4.79 Å². The van der Waals surface area contributed by atoms with E-state index in [1.807, 2.05) is 6.92 Å². The van der Waals surface area contributed by atoms with E-state index in [2.05, 4.69) is 18.2 Å². The van der Waals surface area contributed by atoms with Crippen LogP contribution >= 0.6 is 0 Å². The average molecular weight is 230 g/mol. The summed E-state index contributed by atoms with van der Waals surface area (Å²) in [5, 5.41) is 0. The predicted octanol–water partition coefficient (Wildman–Crippen LogP) is 1.94. The summed E-state index contributed by atoms with van der Waals surface area (Å²) >= 11 is 0. The van der Waals surface area contributed by atoms with Gasteiger partial charge in [-0.3, -0.25) is 0 Å². The Morgan fingerprint density at radius 1 is 1.44 bits per heavy atom. The van der Waals surface area contributed by atoms with Crippen molar-refractivity contribution in [3.63, 3.8) is 0 Å². The monoisotopic (exact) mass is 230 g/mol. The van der Waals surface area contributed by atoms with Gasteiger partial charge in [0.1, 0.15) is 0 Å². The average Bonchev–Trinajstić information content (AvgIpc) is 2.28. The van der Waals surface area contributed by atoms with Gasteiger partial charge >= 0.3 is 5.97 Å². The van der Waals surface area contributed by atoms with Crippen molar-refractivity contribution < 1.29 is 19.0 Å². The number of hydrogen-bond donors (Lipinski definition) is 0. The summed E-state index contributed by atoms with van der Waals surface area (Å²) in [4.78, 5) is 11.0. The van der Waals surface area contributed by atoms with E-state index in [4.69, 9.17) is 9.47 Å². The molecule has 0 rings (SSSR count). The van der Waals surface area contributed by atoms with Gasteiger partial charge < -0.3 is 14.2 Å². The lowest BCUT2D eigenvalue weighted by molar-refractivity contribution is -0.136. The molecule has 0 saturated carbocycles. The van der Waals surface area contributed by atoms with Crippen LogP contribution < -0.4 is 0 Å². The van der Waals surface area contributed by atoms with Gasteiger partial charge in [-0.1, -0.05) is 19.9 Å². The third-order valence-electron chi connectivity index (χ3n) is 2.00. The van der Waals surface area contributed by atoms with E-state index < -0.39 is 5.97 Å². The Labute approximate surface area is 97.6 Å². The van der Waals surface area contributed by atoms with E-state index in [-0.39, 0.29) is 12.7 Å². The summed E-state index contributed by atoms with van der Waals surface area (Å²) < 4.78 is 15.3. The normalized spacial score (nSPS) is 12.2. The Morgan fingerprint density at radius 3 is 2.69 bits per heavy atom. The molecule has 0 aromatic carbocycles. The first kappa shape index (κ1) is 15.1. The summed E-state index contributed by atoms with van der Waals surface area (Å²) in [6.45, 7) is 9.01. The fourth-order valence-electron chi connectivity index (χ4n) is 1.03. The second-order valence-corrected chi connectivity index (χ2v) is 3.65. The van der Waals surface area contributed by atoms with Crippen molar-refractivity contribution in [2.75, 3.05) is 26.9 Å². The SMILES string of the molecule is C=C(COCC(C)OCCCC)C(=O)OC. The number of hydrogen-bond acceptors (Lipinski definition) is 4. The van der Waals surface area contributed by atoms with Crippen LogP contribution in [0.2, 0.25) is 0 Å². The van der Waals surface area contributed by atoms with Gasteiger partial charge in [0.15, 0.2) is 0 Å². The smallest absolute Gasteiger partial charge is 0.335 e. The van der Waals surface area contributed by atoms with Crippen LogP contribution in [0.25, 0.3) is 0 Å². The fraction of sp³-hybridized carbons (Fsp3) is 0.750. The maximum absolute atomic E-state index is 11.0. The highest BCUT2D eigenvalue weighted by molar-refractivity contribution is 5.87. The molecule has 0 aromatic heterocycles. The molecular weight excluding hydrogens is 208 g/mol. The van der Waals surface area contributed by atoms with Crippen molar-refractivity contribution >= 4 is 5.97 Å². The maximum atomic E-state index is 11.0. The first-order valence-electron chi connectivity index (χ1n) is 5.57. The van der Waals surface area contributed by atoms with Crippen molar-refractivity contribution in [2.45, 2.75) is 32.8 Å². The molecule has 0 aliphatic carbocycles. The molecule has 0 fully saturated rings. The topological polar surface area (TPSA) is 44.8 Å². The Kier molecular flexibility index (Phi) is 8.85. The van der Waals surface area contributed by atoms with Crippen LogP contribution in [0.5, 0.6) is 0 Å². The Bertz CT molecular complexity index is 213. The second kappa shape index (κ2) is 9.36. The zero-order valence-corrected chi connectivity index (χ0v) is 10.5. The minimum atomic E-state index is -0.431. The molecule has 0 N–H and O–H groups in total. The minimum Gasteiger partial charge on any atom is -0.466 e. The van der Waals surface area contributed by atoms with Crippen molar-refractivity contribution in [3.8, 4) is 0 Å². The molecular formula is C12H22O4. The van der Waals surface area contributed by atoms with E-state index in [9.17, 15) is 4.79 Å². The molecule has 0 radical (unpaired) electrons. The number of unbranched alkanes of at least 4 members (excludes halogenated alkanes) is 1. The highest BCUT2D eigenvalue weighted by atomic mass is 16.5. The third-order valence-corrected chi connectivity index (χ3v) is 2.00. The Hall–Kier alpha value is -0.870. The van der Waals surface area contributed by atoms with Crippen molar-refractivity contribution in [1.82, 2.24) is 0 Å². The molecule has 1 atom stereocenters. The molecule has 0 bridgehead atoms. The van der Waals surface area contributed by atoms with Crippen LogP contribution in [0.3, 0.4) is 0 Å². The first-order chi connectivity index (χ1) is 7.61. The molecule has 1 unspecified atom stereocenters. The lowest BCUT2D eigenvalue weighted by Crippen LogP contribution is -2.19. The molecule has 4 nitrogen and oxygen atoms in total. The number of carbonyl (C=O) groups excluding carboxylic acids is 1. The number of methoxy groups -OCH3 is 1. The fourth-order valence-corrected chi connectivity index (χ4v) is 1.03. The summed E-state index contributed by atoms with van der Waals surface area (Å²) in [6, 6.07) is 0.